The quantitative estimate of drug-likeness (QED) is 0.735. The molecule has 16 heavy (non-hydrogen) atoms. The summed E-state index contributed by atoms with van der Waals surface area (Å²) < 4.78 is 0. The number of carbonyl (C=O) groups excluding carboxylic acids is 1. The minimum Gasteiger partial charge on any atom is -0.370 e. The van der Waals surface area contributed by atoms with Crippen LogP contribution in [0.25, 0.3) is 0 Å². The second kappa shape index (κ2) is 5.39. The van der Waals surface area contributed by atoms with Gasteiger partial charge in [-0.1, -0.05) is 0 Å². The third-order valence-corrected chi connectivity index (χ3v) is 3.97. The van der Waals surface area contributed by atoms with Crippen molar-refractivity contribution >= 4 is 23.7 Å². The smallest absolute Gasteiger partial charge is 0.150 e. The van der Waals surface area contributed by atoms with Gasteiger partial charge in [0.15, 0.2) is 0 Å². The second-order valence-corrected chi connectivity index (χ2v) is 5.34. The Morgan fingerprint density at radius 2 is 2.19 bits per heavy atom. The van der Waals surface area contributed by atoms with Crippen molar-refractivity contribution in [3.63, 3.8) is 0 Å². The van der Waals surface area contributed by atoms with E-state index >= 15 is 0 Å². The van der Waals surface area contributed by atoms with Gasteiger partial charge in [0.05, 0.1) is 0 Å². The fourth-order valence-electron chi connectivity index (χ4n) is 2.09. The molecule has 0 aliphatic carbocycles. The van der Waals surface area contributed by atoms with Gasteiger partial charge >= 0.3 is 0 Å². The molecule has 2 nitrogen and oxygen atoms in total. The number of aldehydes is 1. The molecule has 1 fully saturated rings. The lowest BCUT2D eigenvalue weighted by Crippen LogP contribution is -2.26. The molecule has 1 saturated heterocycles. The van der Waals surface area contributed by atoms with Gasteiger partial charge in [-0.15, -0.1) is 0 Å². The van der Waals surface area contributed by atoms with Crippen LogP contribution in [-0.2, 0) is 0 Å². The lowest BCUT2D eigenvalue weighted by molar-refractivity contribution is 0.112. The molecule has 0 radical (unpaired) electrons. The predicted octanol–water partition coefficient (Wildman–Crippen LogP) is 2.75. The molecule has 1 aromatic rings. The summed E-state index contributed by atoms with van der Waals surface area (Å²) in [6, 6.07) is 5.96. The molecule has 0 spiro atoms. The van der Waals surface area contributed by atoms with E-state index < -0.39 is 0 Å². The Kier molecular flexibility index (Phi) is 3.88. The number of hydrogen-bond acceptors (Lipinski definition) is 3. The topological polar surface area (TPSA) is 20.3 Å². The van der Waals surface area contributed by atoms with Gasteiger partial charge in [0.1, 0.15) is 6.29 Å². The first-order valence-electron chi connectivity index (χ1n) is 5.70. The van der Waals surface area contributed by atoms with Crippen LogP contribution in [0, 0.1) is 6.92 Å². The molecule has 1 aliphatic rings. The van der Waals surface area contributed by atoms with Gasteiger partial charge in [-0.25, -0.2) is 0 Å². The van der Waals surface area contributed by atoms with Crippen LogP contribution in [0.3, 0.4) is 0 Å². The van der Waals surface area contributed by atoms with E-state index in [1.54, 1.807) is 0 Å². The van der Waals surface area contributed by atoms with Gasteiger partial charge in [0.25, 0.3) is 0 Å². The molecule has 1 heterocycles. The van der Waals surface area contributed by atoms with E-state index in [4.69, 9.17) is 0 Å². The van der Waals surface area contributed by atoms with Crippen LogP contribution in [0.1, 0.15) is 22.3 Å². The maximum atomic E-state index is 10.7. The molecule has 0 bridgehead atoms. The summed E-state index contributed by atoms with van der Waals surface area (Å²) in [5.41, 5.74) is 3.26. The minimum absolute atomic E-state index is 0.769. The summed E-state index contributed by atoms with van der Waals surface area (Å²) in [5.74, 6) is 2.47. The normalized spacial score (nSPS) is 16.9. The average Bonchev–Trinajstić information content (AvgIpc) is 2.57. The largest absolute Gasteiger partial charge is 0.370 e. The average molecular weight is 235 g/mol. The number of hydrogen-bond donors (Lipinski definition) is 0. The van der Waals surface area contributed by atoms with E-state index in [9.17, 15) is 4.79 Å². The summed E-state index contributed by atoms with van der Waals surface area (Å²) in [5, 5.41) is 0. The van der Waals surface area contributed by atoms with Crippen LogP contribution in [-0.4, -0.2) is 30.9 Å². The highest BCUT2D eigenvalue weighted by Gasteiger charge is 2.12. The Labute approximate surface area is 101 Å². The molecular formula is C13H17NOS. The van der Waals surface area contributed by atoms with E-state index in [2.05, 4.69) is 17.9 Å². The molecule has 1 aromatic carbocycles. The Bertz CT molecular complexity index is 370. The Balaban J connectivity index is 2.21. The van der Waals surface area contributed by atoms with Crippen molar-refractivity contribution < 1.29 is 4.79 Å². The van der Waals surface area contributed by atoms with E-state index in [1.165, 1.54) is 29.2 Å². The van der Waals surface area contributed by atoms with Crippen molar-refractivity contribution in [2.45, 2.75) is 13.3 Å². The number of aryl methyl sites for hydroxylation is 1. The molecule has 0 amide bonds. The van der Waals surface area contributed by atoms with Crippen molar-refractivity contribution in [1.29, 1.82) is 0 Å². The maximum absolute atomic E-state index is 10.7. The van der Waals surface area contributed by atoms with Crippen molar-refractivity contribution in [3.8, 4) is 0 Å². The highest BCUT2D eigenvalue weighted by atomic mass is 32.2. The van der Waals surface area contributed by atoms with Crippen molar-refractivity contribution in [2.75, 3.05) is 29.5 Å². The van der Waals surface area contributed by atoms with Crippen LogP contribution < -0.4 is 4.90 Å². The van der Waals surface area contributed by atoms with Gasteiger partial charge in [-0.05, 0) is 42.9 Å². The zero-order valence-corrected chi connectivity index (χ0v) is 10.4. The van der Waals surface area contributed by atoms with Crippen LogP contribution in [0.5, 0.6) is 0 Å². The summed E-state index contributed by atoms with van der Waals surface area (Å²) in [4.78, 5) is 13.1. The fraction of sp³-hybridized carbons (Fsp3) is 0.462. The van der Waals surface area contributed by atoms with Gasteiger partial charge in [0.2, 0.25) is 0 Å². The predicted molar refractivity (Wildman–Crippen MR) is 70.7 cm³/mol. The number of carbonyl (C=O) groups is 1. The van der Waals surface area contributed by atoms with E-state index in [1.807, 2.05) is 23.9 Å². The third kappa shape index (κ3) is 2.59. The number of benzene rings is 1. The molecule has 2 rings (SSSR count). The first-order chi connectivity index (χ1) is 7.81. The lowest BCUT2D eigenvalue weighted by atomic mass is 10.1. The number of anilines is 1. The van der Waals surface area contributed by atoms with E-state index in [0.29, 0.717) is 0 Å². The molecule has 0 unspecified atom stereocenters. The van der Waals surface area contributed by atoms with Crippen LogP contribution in [0.4, 0.5) is 5.69 Å². The summed E-state index contributed by atoms with van der Waals surface area (Å²) in [6.07, 6.45) is 2.16. The molecule has 0 N–H and O–H groups in total. The van der Waals surface area contributed by atoms with E-state index in [0.717, 1.165) is 24.9 Å². The number of rotatable bonds is 2. The van der Waals surface area contributed by atoms with Crippen LogP contribution >= 0.6 is 11.8 Å². The summed E-state index contributed by atoms with van der Waals surface area (Å²) in [6.45, 7) is 4.33. The first kappa shape index (κ1) is 11.5. The molecule has 3 heteroatoms. The Morgan fingerprint density at radius 1 is 1.31 bits per heavy atom. The SMILES string of the molecule is Cc1cc(C=O)ccc1N1CCCSCC1. The summed E-state index contributed by atoms with van der Waals surface area (Å²) in [7, 11) is 0. The molecule has 0 atom stereocenters. The zero-order chi connectivity index (χ0) is 11.4. The minimum atomic E-state index is 0.769. The molecular weight excluding hydrogens is 218 g/mol. The molecule has 0 aromatic heterocycles. The highest BCUT2D eigenvalue weighted by molar-refractivity contribution is 7.99. The number of thioether (sulfide) groups is 1. The number of nitrogens with zero attached hydrogens (tertiary/aromatic N) is 1. The van der Waals surface area contributed by atoms with Crippen molar-refractivity contribution in [3.05, 3.63) is 29.3 Å². The van der Waals surface area contributed by atoms with E-state index in [-0.39, 0.29) is 0 Å². The third-order valence-electron chi connectivity index (χ3n) is 2.92. The summed E-state index contributed by atoms with van der Waals surface area (Å²) >= 11 is 2.03. The molecule has 86 valence electrons. The first-order valence-corrected chi connectivity index (χ1v) is 6.85. The maximum Gasteiger partial charge on any atom is 0.150 e. The fourth-order valence-corrected chi connectivity index (χ4v) is 2.98. The van der Waals surface area contributed by atoms with Gasteiger partial charge in [-0.3, -0.25) is 4.79 Å². The standard InChI is InChI=1S/C13H17NOS/c1-11-9-12(10-15)3-4-13(11)14-5-2-7-16-8-6-14/h3-4,9-10H,2,5-8H2,1H3. The molecule has 0 saturated carbocycles. The van der Waals surface area contributed by atoms with Gasteiger partial charge < -0.3 is 4.90 Å². The highest BCUT2D eigenvalue weighted by Crippen LogP contribution is 2.23. The molecule has 1 aliphatic heterocycles. The monoisotopic (exact) mass is 235 g/mol. The van der Waals surface area contributed by atoms with Crippen LogP contribution in [0.2, 0.25) is 0 Å². The Morgan fingerprint density at radius 3 is 2.94 bits per heavy atom. The lowest BCUT2D eigenvalue weighted by Gasteiger charge is -2.24. The van der Waals surface area contributed by atoms with Crippen LogP contribution in [0.15, 0.2) is 18.2 Å². The van der Waals surface area contributed by atoms with Crippen molar-refractivity contribution in [2.24, 2.45) is 0 Å². The van der Waals surface area contributed by atoms with Gasteiger partial charge in [-0.2, -0.15) is 11.8 Å². The van der Waals surface area contributed by atoms with Crippen molar-refractivity contribution in [1.82, 2.24) is 0 Å². The second-order valence-electron chi connectivity index (χ2n) is 4.12. The van der Waals surface area contributed by atoms with Gasteiger partial charge in [0, 0.05) is 30.1 Å². The Hall–Kier alpha value is -0.960. The zero-order valence-electron chi connectivity index (χ0n) is 9.61.